The minimum absolute atomic E-state index is 0.470. The fourth-order valence-electron chi connectivity index (χ4n) is 3.04. The Morgan fingerprint density at radius 2 is 1.95 bits per heavy atom. The van der Waals surface area contributed by atoms with E-state index in [-0.39, 0.29) is 0 Å². The number of hydrogen-bond donors (Lipinski definition) is 1. The fourth-order valence-corrected chi connectivity index (χ4v) is 3.22. The Kier molecular flexibility index (Phi) is 3.15. The molecule has 0 spiro atoms. The minimum Gasteiger partial charge on any atom is -0.389 e. The summed E-state index contributed by atoms with van der Waals surface area (Å²) in [6.45, 7) is 3.43. The Hall–Kier alpha value is -1.61. The molecule has 3 rings (SSSR count). The van der Waals surface area contributed by atoms with Gasteiger partial charge in [-0.3, -0.25) is 0 Å². The summed E-state index contributed by atoms with van der Waals surface area (Å²) >= 11 is 5.15. The van der Waals surface area contributed by atoms with E-state index in [1.54, 1.807) is 0 Å². The van der Waals surface area contributed by atoms with Crippen molar-refractivity contribution < 1.29 is 0 Å². The molecule has 3 heteroatoms. The van der Waals surface area contributed by atoms with Gasteiger partial charge in [-0.1, -0.05) is 36.5 Å². The van der Waals surface area contributed by atoms with Crippen molar-refractivity contribution in [1.29, 1.82) is 0 Å². The summed E-state index contributed by atoms with van der Waals surface area (Å²) in [4.78, 5) is 2.96. The molecule has 19 heavy (non-hydrogen) atoms. The predicted molar refractivity (Wildman–Crippen MR) is 85.9 cm³/mol. The smallest absolute Gasteiger partial charge is 0.104 e. The zero-order valence-electron chi connectivity index (χ0n) is 11.1. The number of benzene rings is 2. The van der Waals surface area contributed by atoms with Crippen LogP contribution in [0.5, 0.6) is 0 Å². The maximum atomic E-state index is 5.83. The van der Waals surface area contributed by atoms with Gasteiger partial charge in [0, 0.05) is 29.2 Å². The molecule has 0 radical (unpaired) electrons. The van der Waals surface area contributed by atoms with Crippen molar-refractivity contribution in [2.75, 3.05) is 11.4 Å². The Morgan fingerprint density at radius 3 is 2.58 bits per heavy atom. The van der Waals surface area contributed by atoms with Crippen LogP contribution in [0.3, 0.4) is 0 Å². The molecule has 1 unspecified atom stereocenters. The van der Waals surface area contributed by atoms with Crippen molar-refractivity contribution in [3.63, 3.8) is 0 Å². The van der Waals surface area contributed by atoms with E-state index in [0.29, 0.717) is 11.0 Å². The van der Waals surface area contributed by atoms with E-state index in [1.807, 2.05) is 6.07 Å². The van der Waals surface area contributed by atoms with Crippen LogP contribution in [0.15, 0.2) is 36.4 Å². The standard InChI is InChI=1S/C16H18N2S/c1-11-5-4-10-18(11)15-9-8-14(16(17)19)12-6-2-3-7-13(12)15/h2-3,6-9,11H,4-5,10H2,1H3,(H2,17,19). The second kappa shape index (κ2) is 4.82. The third kappa shape index (κ3) is 2.08. The summed E-state index contributed by atoms with van der Waals surface area (Å²) in [5.41, 5.74) is 8.11. The first-order valence-electron chi connectivity index (χ1n) is 6.76. The van der Waals surface area contributed by atoms with Gasteiger partial charge in [0.05, 0.1) is 0 Å². The van der Waals surface area contributed by atoms with Crippen molar-refractivity contribution >= 4 is 33.7 Å². The van der Waals surface area contributed by atoms with Gasteiger partial charge < -0.3 is 10.6 Å². The molecule has 0 bridgehead atoms. The SMILES string of the molecule is CC1CCCN1c1ccc(C(N)=S)c2ccccc12. The van der Waals surface area contributed by atoms with Gasteiger partial charge in [-0.05, 0) is 37.3 Å². The largest absolute Gasteiger partial charge is 0.389 e. The van der Waals surface area contributed by atoms with Crippen LogP contribution in [0.2, 0.25) is 0 Å². The number of thiocarbonyl (C=S) groups is 1. The van der Waals surface area contributed by atoms with E-state index in [1.165, 1.54) is 23.9 Å². The molecule has 0 saturated carbocycles. The monoisotopic (exact) mass is 270 g/mol. The second-order valence-corrected chi connectivity index (χ2v) is 5.67. The molecule has 0 aromatic heterocycles. The molecular weight excluding hydrogens is 252 g/mol. The number of nitrogens with two attached hydrogens (primary N) is 1. The highest BCUT2D eigenvalue weighted by molar-refractivity contribution is 7.80. The third-order valence-electron chi connectivity index (χ3n) is 4.03. The van der Waals surface area contributed by atoms with Crippen LogP contribution < -0.4 is 10.6 Å². The van der Waals surface area contributed by atoms with Crippen LogP contribution in [0.25, 0.3) is 10.8 Å². The molecule has 2 nitrogen and oxygen atoms in total. The average molecular weight is 270 g/mol. The molecule has 2 aromatic rings. The maximum Gasteiger partial charge on any atom is 0.104 e. The lowest BCUT2D eigenvalue weighted by molar-refractivity contribution is 0.737. The predicted octanol–water partition coefficient (Wildman–Crippen LogP) is 3.46. The number of nitrogens with zero attached hydrogens (tertiary/aromatic N) is 1. The van der Waals surface area contributed by atoms with E-state index >= 15 is 0 Å². The van der Waals surface area contributed by atoms with Gasteiger partial charge in [-0.15, -0.1) is 0 Å². The molecule has 0 aliphatic carbocycles. The van der Waals surface area contributed by atoms with Crippen LogP contribution in [-0.4, -0.2) is 17.6 Å². The van der Waals surface area contributed by atoms with E-state index in [2.05, 4.69) is 42.2 Å². The van der Waals surface area contributed by atoms with Crippen LogP contribution in [-0.2, 0) is 0 Å². The summed E-state index contributed by atoms with van der Waals surface area (Å²) in [6, 6.07) is 13.2. The molecule has 1 fully saturated rings. The van der Waals surface area contributed by atoms with Crippen LogP contribution in [0.4, 0.5) is 5.69 Å². The Balaban J connectivity index is 2.22. The summed E-state index contributed by atoms with van der Waals surface area (Å²) in [5.74, 6) is 0. The lowest BCUT2D eigenvalue weighted by atomic mass is 10.0. The van der Waals surface area contributed by atoms with Gasteiger partial charge in [0.15, 0.2) is 0 Å². The van der Waals surface area contributed by atoms with Crippen molar-refractivity contribution in [1.82, 2.24) is 0 Å². The zero-order valence-corrected chi connectivity index (χ0v) is 11.9. The topological polar surface area (TPSA) is 29.3 Å². The summed E-state index contributed by atoms with van der Waals surface area (Å²) in [6.07, 6.45) is 2.54. The minimum atomic E-state index is 0.470. The maximum absolute atomic E-state index is 5.83. The van der Waals surface area contributed by atoms with Crippen molar-refractivity contribution in [2.24, 2.45) is 5.73 Å². The molecule has 2 N–H and O–H groups in total. The van der Waals surface area contributed by atoms with Crippen LogP contribution >= 0.6 is 12.2 Å². The summed E-state index contributed by atoms with van der Waals surface area (Å²) in [5, 5.41) is 2.41. The van der Waals surface area contributed by atoms with Crippen LogP contribution in [0, 0.1) is 0 Å². The highest BCUT2D eigenvalue weighted by Gasteiger charge is 2.22. The first-order chi connectivity index (χ1) is 9.18. The van der Waals surface area contributed by atoms with E-state index in [4.69, 9.17) is 18.0 Å². The van der Waals surface area contributed by atoms with Gasteiger partial charge in [0.25, 0.3) is 0 Å². The molecule has 2 aromatic carbocycles. The number of fused-ring (bicyclic) bond motifs is 1. The quantitative estimate of drug-likeness (QED) is 0.847. The number of anilines is 1. The first-order valence-corrected chi connectivity index (χ1v) is 7.17. The average Bonchev–Trinajstić information content (AvgIpc) is 2.83. The Morgan fingerprint density at radius 1 is 1.21 bits per heavy atom. The molecule has 1 saturated heterocycles. The fraction of sp³-hybridized carbons (Fsp3) is 0.312. The van der Waals surface area contributed by atoms with Crippen molar-refractivity contribution in [3.8, 4) is 0 Å². The van der Waals surface area contributed by atoms with Crippen molar-refractivity contribution in [2.45, 2.75) is 25.8 Å². The number of rotatable bonds is 2. The van der Waals surface area contributed by atoms with Gasteiger partial charge in [0.2, 0.25) is 0 Å². The normalized spacial score (nSPS) is 19.0. The molecule has 1 heterocycles. The number of hydrogen-bond acceptors (Lipinski definition) is 2. The lowest BCUT2D eigenvalue weighted by Gasteiger charge is -2.26. The molecule has 1 atom stereocenters. The Labute approximate surface area is 119 Å². The van der Waals surface area contributed by atoms with Gasteiger partial charge >= 0.3 is 0 Å². The van der Waals surface area contributed by atoms with Gasteiger partial charge in [-0.25, -0.2) is 0 Å². The van der Waals surface area contributed by atoms with E-state index in [9.17, 15) is 0 Å². The second-order valence-electron chi connectivity index (χ2n) is 5.23. The molecule has 0 amide bonds. The molecule has 1 aliphatic rings. The molecule has 1 aliphatic heterocycles. The van der Waals surface area contributed by atoms with Crippen molar-refractivity contribution in [3.05, 3.63) is 42.0 Å². The first kappa shape index (κ1) is 12.4. The highest BCUT2D eigenvalue weighted by Crippen LogP contribution is 2.33. The van der Waals surface area contributed by atoms with Crippen LogP contribution in [0.1, 0.15) is 25.3 Å². The lowest BCUT2D eigenvalue weighted by Crippen LogP contribution is -2.26. The van der Waals surface area contributed by atoms with E-state index < -0.39 is 0 Å². The van der Waals surface area contributed by atoms with Gasteiger partial charge in [-0.2, -0.15) is 0 Å². The van der Waals surface area contributed by atoms with Gasteiger partial charge in [0.1, 0.15) is 4.99 Å². The third-order valence-corrected chi connectivity index (χ3v) is 4.25. The zero-order chi connectivity index (χ0) is 13.4. The summed E-state index contributed by atoms with van der Waals surface area (Å²) in [7, 11) is 0. The molecule has 98 valence electrons. The highest BCUT2D eigenvalue weighted by atomic mass is 32.1. The summed E-state index contributed by atoms with van der Waals surface area (Å²) < 4.78 is 0. The van der Waals surface area contributed by atoms with E-state index in [0.717, 1.165) is 17.5 Å². The Bertz CT molecular complexity index is 636. The molecular formula is C16H18N2S.